The molecule has 2 aliphatic rings. The highest BCUT2D eigenvalue weighted by molar-refractivity contribution is 5.77. The number of hydrogen-bond acceptors (Lipinski definition) is 7. The van der Waals surface area contributed by atoms with Crippen LogP contribution in [-0.2, 0) is 13.6 Å². The third-order valence-electron chi connectivity index (χ3n) is 4.21. The summed E-state index contributed by atoms with van der Waals surface area (Å²) in [4.78, 5) is 4.42. The summed E-state index contributed by atoms with van der Waals surface area (Å²) in [6, 6.07) is 4.76. The van der Waals surface area contributed by atoms with E-state index in [-0.39, 0.29) is 12.4 Å². The highest BCUT2D eigenvalue weighted by Crippen LogP contribution is 2.35. The number of fused-ring (bicyclic) bond motifs is 1. The number of aromatic nitrogens is 2. The molecule has 0 fully saturated rings. The van der Waals surface area contributed by atoms with Gasteiger partial charge in [-0.05, 0) is 12.1 Å². The van der Waals surface area contributed by atoms with E-state index in [1.807, 2.05) is 13.2 Å². The third-order valence-corrected chi connectivity index (χ3v) is 4.21. The van der Waals surface area contributed by atoms with Gasteiger partial charge in [0.2, 0.25) is 0 Å². The van der Waals surface area contributed by atoms with Crippen molar-refractivity contribution in [2.75, 3.05) is 7.11 Å². The van der Waals surface area contributed by atoms with E-state index in [1.165, 1.54) is 24.5 Å². The molecule has 0 unspecified atom stereocenters. The molecule has 4 rings (SSSR count). The van der Waals surface area contributed by atoms with Crippen molar-refractivity contribution in [3.63, 3.8) is 0 Å². The van der Waals surface area contributed by atoms with Gasteiger partial charge >= 0.3 is 0 Å². The van der Waals surface area contributed by atoms with Gasteiger partial charge in [-0.15, -0.1) is 0 Å². The maximum absolute atomic E-state index is 14.4. The molecule has 0 amide bonds. The van der Waals surface area contributed by atoms with E-state index in [4.69, 9.17) is 10.6 Å². The van der Waals surface area contributed by atoms with Crippen LogP contribution in [0.15, 0.2) is 53.2 Å². The summed E-state index contributed by atoms with van der Waals surface area (Å²) in [6.07, 6.45) is 6.87. The van der Waals surface area contributed by atoms with Crippen LogP contribution in [0.5, 0.6) is 5.75 Å². The molecule has 3 N–H and O–H groups in total. The summed E-state index contributed by atoms with van der Waals surface area (Å²) in [7, 11) is 3.36. The molecule has 0 atom stereocenters. The van der Waals surface area contributed by atoms with Gasteiger partial charge in [-0.1, -0.05) is 6.07 Å². The largest absolute Gasteiger partial charge is 0.496 e. The van der Waals surface area contributed by atoms with E-state index in [1.54, 1.807) is 34.2 Å². The van der Waals surface area contributed by atoms with Crippen molar-refractivity contribution in [1.29, 1.82) is 0 Å². The van der Waals surface area contributed by atoms with Gasteiger partial charge < -0.3 is 4.74 Å². The average Bonchev–Trinajstić information content (AvgIpc) is 3.20. The Morgan fingerprint density at radius 2 is 2.19 bits per heavy atom. The second kappa shape index (κ2) is 6.19. The quantitative estimate of drug-likeness (QED) is 0.805. The predicted octanol–water partition coefficient (Wildman–Crippen LogP) is 1.32. The Hall–Kier alpha value is -3.33. The Bertz CT molecular complexity index is 946. The van der Waals surface area contributed by atoms with Gasteiger partial charge in [-0.3, -0.25) is 20.1 Å². The fraction of sp³-hybridized carbons (Fsp3) is 0.176. The summed E-state index contributed by atoms with van der Waals surface area (Å²) >= 11 is 0. The van der Waals surface area contributed by atoms with Gasteiger partial charge in [0.05, 0.1) is 31.1 Å². The Kier molecular flexibility index (Phi) is 3.85. The lowest BCUT2D eigenvalue weighted by Gasteiger charge is -2.25. The number of methoxy groups -OCH3 is 1. The number of benzene rings is 1. The molecule has 1 aromatic heterocycles. The van der Waals surface area contributed by atoms with Crippen molar-refractivity contribution in [3.8, 4) is 5.75 Å². The number of nitrogens with zero attached hydrogens (tertiary/aromatic N) is 5. The SMILES string of the molecule is COc1cccc(F)c1CN1NC(c2cnn(C)c2)=C2N=CN(N)C=C21. The molecule has 0 spiro atoms. The maximum atomic E-state index is 14.4. The lowest BCUT2D eigenvalue weighted by Crippen LogP contribution is -2.34. The first kappa shape index (κ1) is 16.2. The van der Waals surface area contributed by atoms with Crippen LogP contribution in [0.4, 0.5) is 4.39 Å². The molecule has 26 heavy (non-hydrogen) atoms. The predicted molar refractivity (Wildman–Crippen MR) is 94.4 cm³/mol. The molecule has 0 radical (unpaired) electrons. The minimum absolute atomic E-state index is 0.234. The molecule has 0 saturated carbocycles. The van der Waals surface area contributed by atoms with E-state index >= 15 is 0 Å². The number of halogens is 1. The van der Waals surface area contributed by atoms with E-state index in [0.29, 0.717) is 11.3 Å². The van der Waals surface area contributed by atoms with Crippen molar-refractivity contribution in [1.82, 2.24) is 25.2 Å². The third kappa shape index (κ3) is 2.68. The molecule has 1 aromatic carbocycles. The summed E-state index contributed by atoms with van der Waals surface area (Å²) in [6.45, 7) is 0.234. The highest BCUT2D eigenvalue weighted by Gasteiger charge is 2.31. The molecular formula is C17H18FN7O. The average molecular weight is 355 g/mol. The lowest BCUT2D eigenvalue weighted by molar-refractivity contribution is 0.290. The minimum atomic E-state index is -0.341. The van der Waals surface area contributed by atoms with Gasteiger partial charge in [0.15, 0.2) is 0 Å². The van der Waals surface area contributed by atoms with Gasteiger partial charge in [0.25, 0.3) is 0 Å². The van der Waals surface area contributed by atoms with Crippen LogP contribution in [0.2, 0.25) is 0 Å². The number of nitrogens with one attached hydrogen (secondary N) is 1. The van der Waals surface area contributed by atoms with Gasteiger partial charge in [0.1, 0.15) is 29.3 Å². The fourth-order valence-corrected chi connectivity index (χ4v) is 2.98. The normalized spacial score (nSPS) is 15.9. The molecule has 2 aliphatic heterocycles. The topological polar surface area (TPSA) is 83.9 Å². The summed E-state index contributed by atoms with van der Waals surface area (Å²) in [5, 5.41) is 7.35. The van der Waals surface area contributed by atoms with Crippen molar-refractivity contribution < 1.29 is 9.13 Å². The molecule has 9 heteroatoms. The van der Waals surface area contributed by atoms with Crippen LogP contribution in [-0.4, -0.2) is 33.2 Å². The first-order valence-corrected chi connectivity index (χ1v) is 7.95. The molecule has 8 nitrogen and oxygen atoms in total. The monoisotopic (exact) mass is 355 g/mol. The summed E-state index contributed by atoms with van der Waals surface area (Å²) < 4.78 is 21.4. The second-order valence-corrected chi connectivity index (χ2v) is 5.95. The van der Waals surface area contributed by atoms with E-state index in [0.717, 1.165) is 22.7 Å². The Morgan fingerprint density at radius 3 is 2.92 bits per heavy atom. The summed E-state index contributed by atoms with van der Waals surface area (Å²) in [5.41, 5.74) is 6.83. The van der Waals surface area contributed by atoms with Crippen LogP contribution >= 0.6 is 0 Å². The zero-order valence-electron chi connectivity index (χ0n) is 14.3. The zero-order valence-corrected chi connectivity index (χ0v) is 14.3. The maximum Gasteiger partial charge on any atom is 0.131 e. The van der Waals surface area contributed by atoms with Crippen molar-refractivity contribution in [3.05, 3.63) is 65.1 Å². The molecule has 3 heterocycles. The fourth-order valence-electron chi connectivity index (χ4n) is 2.98. The van der Waals surface area contributed by atoms with E-state index in [2.05, 4.69) is 15.5 Å². The molecular weight excluding hydrogens is 337 g/mol. The van der Waals surface area contributed by atoms with Crippen molar-refractivity contribution in [2.45, 2.75) is 6.54 Å². The van der Waals surface area contributed by atoms with Gasteiger partial charge in [0, 0.05) is 25.0 Å². The molecule has 0 aliphatic carbocycles. The number of aliphatic imine (C=N–C) groups is 1. The van der Waals surface area contributed by atoms with Crippen molar-refractivity contribution in [2.24, 2.45) is 17.9 Å². The van der Waals surface area contributed by atoms with Crippen LogP contribution in [0, 0.1) is 5.82 Å². The molecule has 0 bridgehead atoms. The van der Waals surface area contributed by atoms with Crippen LogP contribution in [0.3, 0.4) is 0 Å². The second-order valence-electron chi connectivity index (χ2n) is 5.95. The Morgan fingerprint density at radius 1 is 1.35 bits per heavy atom. The smallest absolute Gasteiger partial charge is 0.131 e. The summed E-state index contributed by atoms with van der Waals surface area (Å²) in [5.74, 6) is 5.97. The van der Waals surface area contributed by atoms with Crippen LogP contribution in [0.1, 0.15) is 11.1 Å². The molecule has 0 saturated heterocycles. The number of hydrogen-bond donors (Lipinski definition) is 2. The molecule has 134 valence electrons. The van der Waals surface area contributed by atoms with E-state index < -0.39 is 0 Å². The van der Waals surface area contributed by atoms with Gasteiger partial charge in [-0.2, -0.15) is 5.10 Å². The first-order chi connectivity index (χ1) is 12.6. The first-order valence-electron chi connectivity index (χ1n) is 7.95. The van der Waals surface area contributed by atoms with Crippen LogP contribution < -0.4 is 16.0 Å². The zero-order chi connectivity index (χ0) is 18.3. The number of aryl methyl sites for hydroxylation is 1. The number of hydrazine groups is 2. The molecule has 2 aromatic rings. The Balaban J connectivity index is 1.72. The van der Waals surface area contributed by atoms with Crippen LogP contribution in [0.25, 0.3) is 5.70 Å². The van der Waals surface area contributed by atoms with E-state index in [9.17, 15) is 4.39 Å². The highest BCUT2D eigenvalue weighted by atomic mass is 19.1. The van der Waals surface area contributed by atoms with Gasteiger partial charge in [-0.25, -0.2) is 15.2 Å². The number of ether oxygens (including phenoxy) is 1. The standard InChI is InChI=1S/C17H18FN7O/c1-23-7-11(6-21-23)16-17-14(9-24(19)10-20-17)25(22-16)8-12-13(18)4-3-5-15(12)26-2/h3-7,9-10,22H,8,19H2,1-2H3. The van der Waals surface area contributed by atoms with Crippen molar-refractivity contribution >= 4 is 12.0 Å². The number of rotatable bonds is 4. The lowest BCUT2D eigenvalue weighted by atomic mass is 10.1. The number of nitrogens with two attached hydrogens (primary N) is 1. The minimum Gasteiger partial charge on any atom is -0.496 e. The Labute approximate surface area is 149 Å².